The zero-order valence-electron chi connectivity index (χ0n) is 19.6. The second-order valence-corrected chi connectivity index (χ2v) is 9.41. The third-order valence-corrected chi connectivity index (χ3v) is 6.55. The summed E-state index contributed by atoms with van der Waals surface area (Å²) in [5, 5.41) is 16.6. The summed E-state index contributed by atoms with van der Waals surface area (Å²) in [7, 11) is 0. The van der Waals surface area contributed by atoms with Gasteiger partial charge in [-0.3, -0.25) is 9.59 Å². The van der Waals surface area contributed by atoms with Crippen molar-refractivity contribution in [2.45, 2.75) is 31.7 Å². The maximum atomic E-state index is 13.2. The van der Waals surface area contributed by atoms with Crippen LogP contribution >= 0.6 is 11.6 Å². The van der Waals surface area contributed by atoms with Gasteiger partial charge >= 0.3 is 0 Å². The number of carbonyl (C=O) groups is 2. The SMILES string of the molecule is C[C@H](O)[C@@H](NC(=O)CN1Cc2ccc(-c3nc(NC4COC4)ncc3Cl)cc2C1=O)c1ccccc1. The first kappa shape index (κ1) is 24.2. The summed E-state index contributed by atoms with van der Waals surface area (Å²) in [5.74, 6) is -0.148. The fourth-order valence-electron chi connectivity index (χ4n) is 4.31. The van der Waals surface area contributed by atoms with Crippen LogP contribution in [0.5, 0.6) is 0 Å². The Balaban J connectivity index is 1.29. The molecule has 2 aromatic carbocycles. The molecule has 0 radical (unpaired) electrons. The topological polar surface area (TPSA) is 117 Å². The number of nitrogens with one attached hydrogen (secondary N) is 2. The van der Waals surface area contributed by atoms with Crippen molar-refractivity contribution in [1.29, 1.82) is 0 Å². The molecular weight excluding hydrogens is 482 g/mol. The molecule has 1 fully saturated rings. The minimum Gasteiger partial charge on any atom is -0.391 e. The zero-order valence-corrected chi connectivity index (χ0v) is 20.4. The van der Waals surface area contributed by atoms with E-state index < -0.39 is 12.1 Å². The van der Waals surface area contributed by atoms with Crippen molar-refractivity contribution in [2.24, 2.45) is 0 Å². The lowest BCUT2D eigenvalue weighted by atomic mass is 10.0. The monoisotopic (exact) mass is 507 g/mol. The largest absolute Gasteiger partial charge is 0.391 e. The van der Waals surface area contributed by atoms with E-state index in [2.05, 4.69) is 20.6 Å². The first-order chi connectivity index (χ1) is 17.4. The summed E-state index contributed by atoms with van der Waals surface area (Å²) >= 11 is 6.38. The molecule has 1 aromatic heterocycles. The molecule has 9 nitrogen and oxygen atoms in total. The highest BCUT2D eigenvalue weighted by molar-refractivity contribution is 6.33. The van der Waals surface area contributed by atoms with Crippen LogP contribution in [0.25, 0.3) is 11.3 Å². The van der Waals surface area contributed by atoms with Crippen molar-refractivity contribution in [3.8, 4) is 11.3 Å². The van der Waals surface area contributed by atoms with Gasteiger partial charge < -0.3 is 25.4 Å². The maximum absolute atomic E-state index is 13.2. The zero-order chi connectivity index (χ0) is 25.2. The molecule has 2 aliphatic rings. The van der Waals surface area contributed by atoms with Crippen molar-refractivity contribution in [3.05, 3.63) is 76.4 Å². The van der Waals surface area contributed by atoms with E-state index in [1.54, 1.807) is 13.0 Å². The Morgan fingerprint density at radius 2 is 2.03 bits per heavy atom. The fourth-order valence-corrected chi connectivity index (χ4v) is 4.51. The van der Waals surface area contributed by atoms with Gasteiger partial charge in [0.1, 0.15) is 6.54 Å². The van der Waals surface area contributed by atoms with Crippen molar-refractivity contribution >= 4 is 29.4 Å². The lowest BCUT2D eigenvalue weighted by molar-refractivity contribution is -0.123. The number of amides is 2. The van der Waals surface area contributed by atoms with E-state index in [0.717, 1.165) is 11.1 Å². The molecule has 5 rings (SSSR count). The van der Waals surface area contributed by atoms with Crippen molar-refractivity contribution in [2.75, 3.05) is 25.1 Å². The molecule has 0 saturated carbocycles. The van der Waals surface area contributed by atoms with Crippen LogP contribution in [0.4, 0.5) is 5.95 Å². The van der Waals surface area contributed by atoms with Gasteiger partial charge in [0.2, 0.25) is 11.9 Å². The summed E-state index contributed by atoms with van der Waals surface area (Å²) < 4.78 is 5.17. The number of aromatic nitrogens is 2. The average molecular weight is 508 g/mol. The van der Waals surface area contributed by atoms with Gasteiger partial charge in [0, 0.05) is 17.7 Å². The second-order valence-electron chi connectivity index (χ2n) is 9.00. The number of fused-ring (bicyclic) bond motifs is 1. The molecule has 2 aliphatic heterocycles. The smallest absolute Gasteiger partial charge is 0.254 e. The minimum atomic E-state index is -0.792. The molecule has 3 heterocycles. The van der Waals surface area contributed by atoms with Crippen LogP contribution in [-0.2, 0) is 16.1 Å². The van der Waals surface area contributed by atoms with Gasteiger partial charge in [-0.25, -0.2) is 9.97 Å². The molecule has 0 unspecified atom stereocenters. The number of halogens is 1. The van der Waals surface area contributed by atoms with Crippen LogP contribution in [-0.4, -0.2) is 63.7 Å². The van der Waals surface area contributed by atoms with Gasteiger partial charge in [0.25, 0.3) is 5.91 Å². The van der Waals surface area contributed by atoms with Crippen molar-refractivity contribution in [1.82, 2.24) is 20.2 Å². The summed E-state index contributed by atoms with van der Waals surface area (Å²) in [6.07, 6.45) is 0.738. The van der Waals surface area contributed by atoms with E-state index in [4.69, 9.17) is 16.3 Å². The Hall–Kier alpha value is -3.53. The van der Waals surface area contributed by atoms with E-state index in [-0.39, 0.29) is 24.4 Å². The summed E-state index contributed by atoms with van der Waals surface area (Å²) in [5.41, 5.74) is 3.33. The minimum absolute atomic E-state index is 0.120. The number of aliphatic hydroxyl groups excluding tert-OH is 1. The number of carbonyl (C=O) groups excluding carboxylic acids is 2. The van der Waals surface area contributed by atoms with Gasteiger partial charge in [-0.05, 0) is 24.1 Å². The molecule has 2 amide bonds. The van der Waals surface area contributed by atoms with E-state index >= 15 is 0 Å². The highest BCUT2D eigenvalue weighted by atomic mass is 35.5. The third-order valence-electron chi connectivity index (χ3n) is 6.27. The number of anilines is 1. The first-order valence-electron chi connectivity index (χ1n) is 11.7. The molecule has 3 aromatic rings. The molecule has 3 N–H and O–H groups in total. The molecule has 0 bridgehead atoms. The number of rotatable bonds is 8. The third kappa shape index (κ3) is 5.04. The van der Waals surface area contributed by atoms with E-state index in [0.29, 0.717) is 47.6 Å². The van der Waals surface area contributed by atoms with Crippen LogP contribution < -0.4 is 10.6 Å². The molecule has 10 heteroatoms. The number of hydrogen-bond donors (Lipinski definition) is 3. The van der Waals surface area contributed by atoms with E-state index in [1.807, 2.05) is 42.5 Å². The first-order valence-corrected chi connectivity index (χ1v) is 12.1. The summed E-state index contributed by atoms with van der Waals surface area (Å²) in [6, 6.07) is 14.3. The second kappa shape index (κ2) is 10.2. The molecule has 0 aliphatic carbocycles. The van der Waals surface area contributed by atoms with Crippen molar-refractivity contribution < 1.29 is 19.4 Å². The van der Waals surface area contributed by atoms with Crippen molar-refractivity contribution in [3.63, 3.8) is 0 Å². The highest BCUT2D eigenvalue weighted by Crippen LogP contribution is 2.31. The maximum Gasteiger partial charge on any atom is 0.254 e. The predicted molar refractivity (Wildman–Crippen MR) is 134 cm³/mol. The highest BCUT2D eigenvalue weighted by Gasteiger charge is 2.30. The fraction of sp³-hybridized carbons (Fsp3) is 0.308. The van der Waals surface area contributed by atoms with Crippen LogP contribution in [0.3, 0.4) is 0 Å². The number of hydrogen-bond acceptors (Lipinski definition) is 7. The van der Waals surface area contributed by atoms with Gasteiger partial charge in [0.15, 0.2) is 0 Å². The number of nitrogens with zero attached hydrogens (tertiary/aromatic N) is 3. The van der Waals surface area contributed by atoms with Gasteiger partial charge in [-0.1, -0.05) is 54.1 Å². The molecule has 2 atom stereocenters. The lowest BCUT2D eigenvalue weighted by Gasteiger charge is -2.26. The average Bonchev–Trinajstić information content (AvgIpc) is 3.15. The Labute approximate surface area is 213 Å². The molecular formula is C26H26ClN5O4. The molecule has 186 valence electrons. The standard InChI is InChI=1S/C26H26ClN5O4/c1-15(33)23(16-5-3-2-4-6-16)30-22(34)12-32-11-18-8-7-17(9-20(18)25(32)35)24-21(27)10-28-26(31-24)29-19-13-36-14-19/h2-10,15,19,23,33H,11-14H2,1H3,(H,30,34)(H,28,29,31)/t15-,23+/m0/s1. The Kier molecular flexibility index (Phi) is 6.86. The van der Waals surface area contributed by atoms with Crippen LogP contribution in [0.2, 0.25) is 5.02 Å². The summed E-state index contributed by atoms with van der Waals surface area (Å²) in [4.78, 5) is 36.2. The Bertz CT molecular complexity index is 1280. The van der Waals surface area contributed by atoms with Crippen LogP contribution in [0.1, 0.15) is 34.5 Å². The van der Waals surface area contributed by atoms with Crippen LogP contribution in [0, 0.1) is 0 Å². The molecule has 36 heavy (non-hydrogen) atoms. The van der Waals surface area contributed by atoms with Gasteiger partial charge in [0.05, 0.1) is 48.3 Å². The molecule has 0 spiro atoms. The van der Waals surface area contributed by atoms with Gasteiger partial charge in [-0.15, -0.1) is 0 Å². The van der Waals surface area contributed by atoms with Crippen LogP contribution in [0.15, 0.2) is 54.7 Å². The lowest BCUT2D eigenvalue weighted by Crippen LogP contribution is -2.41. The number of aliphatic hydroxyl groups is 1. The Morgan fingerprint density at radius 3 is 2.72 bits per heavy atom. The Morgan fingerprint density at radius 1 is 1.25 bits per heavy atom. The molecule has 1 saturated heterocycles. The van der Waals surface area contributed by atoms with Gasteiger partial charge in [-0.2, -0.15) is 0 Å². The van der Waals surface area contributed by atoms with E-state index in [9.17, 15) is 14.7 Å². The number of ether oxygens (including phenoxy) is 1. The number of benzene rings is 2. The normalized spacial score (nSPS) is 16.8. The van der Waals surface area contributed by atoms with E-state index in [1.165, 1.54) is 11.1 Å². The quantitative estimate of drug-likeness (QED) is 0.429. The predicted octanol–water partition coefficient (Wildman–Crippen LogP) is 2.80. The summed E-state index contributed by atoms with van der Waals surface area (Å²) in [6.45, 7) is 3.02.